The second-order valence-electron chi connectivity index (χ2n) is 5.07. The lowest BCUT2D eigenvalue weighted by Gasteiger charge is -2.09. The second kappa shape index (κ2) is 5.81. The standard InChI is InChI=1S/C15H15BrN4O/c1-9-17-13(15(21)20-12-6-7-12)8-14(18-9)19-11-4-2-10(16)3-5-11/h2-5,8,12H,6-7H2,1H3,(H,20,21)(H,17,18,19). The van der Waals surface area contributed by atoms with E-state index in [9.17, 15) is 4.79 Å². The van der Waals surface area contributed by atoms with Gasteiger partial charge in [0.2, 0.25) is 0 Å². The Hall–Kier alpha value is -1.95. The number of rotatable bonds is 4. The minimum atomic E-state index is -0.137. The quantitative estimate of drug-likeness (QED) is 0.892. The first kappa shape index (κ1) is 14.0. The lowest BCUT2D eigenvalue weighted by Crippen LogP contribution is -2.26. The first-order valence-electron chi connectivity index (χ1n) is 6.79. The molecule has 1 aliphatic rings. The number of anilines is 2. The van der Waals surface area contributed by atoms with Gasteiger partial charge in [-0.25, -0.2) is 9.97 Å². The molecule has 108 valence electrons. The molecule has 6 heteroatoms. The molecule has 0 spiro atoms. The normalized spacial score (nSPS) is 13.8. The first-order chi connectivity index (χ1) is 10.1. The van der Waals surface area contributed by atoms with Crippen LogP contribution in [0.2, 0.25) is 0 Å². The van der Waals surface area contributed by atoms with Crippen molar-refractivity contribution in [3.63, 3.8) is 0 Å². The number of hydrogen-bond donors (Lipinski definition) is 2. The molecule has 1 fully saturated rings. The van der Waals surface area contributed by atoms with E-state index in [-0.39, 0.29) is 5.91 Å². The highest BCUT2D eigenvalue weighted by Gasteiger charge is 2.24. The summed E-state index contributed by atoms with van der Waals surface area (Å²) in [6.45, 7) is 1.78. The zero-order valence-corrected chi connectivity index (χ0v) is 13.1. The van der Waals surface area contributed by atoms with E-state index in [0.717, 1.165) is 23.0 Å². The molecule has 1 saturated carbocycles. The topological polar surface area (TPSA) is 66.9 Å². The van der Waals surface area contributed by atoms with Crippen LogP contribution in [-0.4, -0.2) is 21.9 Å². The van der Waals surface area contributed by atoms with Crippen LogP contribution >= 0.6 is 15.9 Å². The van der Waals surface area contributed by atoms with Crippen molar-refractivity contribution < 1.29 is 4.79 Å². The number of halogens is 1. The van der Waals surface area contributed by atoms with Crippen molar-refractivity contribution in [1.29, 1.82) is 0 Å². The molecule has 1 aromatic carbocycles. The number of aryl methyl sites for hydroxylation is 1. The molecule has 0 bridgehead atoms. The molecule has 0 aliphatic heterocycles. The van der Waals surface area contributed by atoms with Gasteiger partial charge in [-0.3, -0.25) is 4.79 Å². The van der Waals surface area contributed by atoms with Crippen LogP contribution in [-0.2, 0) is 0 Å². The molecule has 1 aliphatic carbocycles. The van der Waals surface area contributed by atoms with Crippen LogP contribution in [0.25, 0.3) is 0 Å². The molecule has 0 unspecified atom stereocenters. The number of nitrogens with one attached hydrogen (secondary N) is 2. The summed E-state index contributed by atoms with van der Waals surface area (Å²) in [5.41, 5.74) is 1.30. The maximum absolute atomic E-state index is 12.1. The molecule has 0 saturated heterocycles. The zero-order valence-electron chi connectivity index (χ0n) is 11.6. The number of carbonyl (C=O) groups excluding carboxylic acids is 1. The van der Waals surface area contributed by atoms with Crippen molar-refractivity contribution in [2.24, 2.45) is 0 Å². The van der Waals surface area contributed by atoms with Crippen LogP contribution in [0.4, 0.5) is 11.5 Å². The van der Waals surface area contributed by atoms with E-state index in [1.165, 1.54) is 0 Å². The molecule has 2 aromatic rings. The summed E-state index contributed by atoms with van der Waals surface area (Å²) in [4.78, 5) is 20.6. The molecule has 0 radical (unpaired) electrons. The van der Waals surface area contributed by atoms with E-state index in [1.54, 1.807) is 13.0 Å². The Morgan fingerprint density at radius 1 is 1.24 bits per heavy atom. The van der Waals surface area contributed by atoms with Gasteiger partial charge in [0.05, 0.1) is 0 Å². The Morgan fingerprint density at radius 2 is 1.95 bits per heavy atom. The summed E-state index contributed by atoms with van der Waals surface area (Å²) in [5, 5.41) is 6.12. The van der Waals surface area contributed by atoms with Crippen molar-refractivity contribution in [1.82, 2.24) is 15.3 Å². The molecule has 5 nitrogen and oxygen atoms in total. The Kier molecular flexibility index (Phi) is 3.88. The summed E-state index contributed by atoms with van der Waals surface area (Å²) in [6, 6.07) is 9.74. The maximum atomic E-state index is 12.1. The monoisotopic (exact) mass is 346 g/mol. The van der Waals surface area contributed by atoms with Gasteiger partial charge >= 0.3 is 0 Å². The summed E-state index contributed by atoms with van der Waals surface area (Å²) < 4.78 is 1.01. The predicted molar refractivity (Wildman–Crippen MR) is 84.7 cm³/mol. The largest absolute Gasteiger partial charge is 0.348 e. The Morgan fingerprint density at radius 3 is 2.62 bits per heavy atom. The van der Waals surface area contributed by atoms with E-state index in [4.69, 9.17) is 0 Å². The van der Waals surface area contributed by atoms with Gasteiger partial charge in [-0.2, -0.15) is 0 Å². The van der Waals surface area contributed by atoms with Crippen LogP contribution in [0.15, 0.2) is 34.8 Å². The van der Waals surface area contributed by atoms with Gasteiger partial charge in [0.15, 0.2) is 0 Å². The van der Waals surface area contributed by atoms with E-state index in [1.807, 2.05) is 24.3 Å². The Labute approximate surface area is 131 Å². The Balaban J connectivity index is 1.79. The van der Waals surface area contributed by atoms with Gasteiger partial charge in [-0.05, 0) is 44.0 Å². The highest BCUT2D eigenvalue weighted by molar-refractivity contribution is 9.10. The highest BCUT2D eigenvalue weighted by atomic mass is 79.9. The third-order valence-electron chi connectivity index (χ3n) is 3.10. The van der Waals surface area contributed by atoms with Crippen molar-refractivity contribution in [3.05, 3.63) is 46.3 Å². The van der Waals surface area contributed by atoms with Crippen molar-refractivity contribution in [2.75, 3.05) is 5.32 Å². The van der Waals surface area contributed by atoms with Crippen LogP contribution < -0.4 is 10.6 Å². The SMILES string of the molecule is Cc1nc(Nc2ccc(Br)cc2)cc(C(=O)NC2CC2)n1. The van der Waals surface area contributed by atoms with E-state index < -0.39 is 0 Å². The second-order valence-corrected chi connectivity index (χ2v) is 5.98. The number of amides is 1. The number of hydrogen-bond acceptors (Lipinski definition) is 4. The zero-order chi connectivity index (χ0) is 14.8. The summed E-state index contributed by atoms with van der Waals surface area (Å²) in [5.74, 6) is 1.05. The van der Waals surface area contributed by atoms with Crippen molar-refractivity contribution in [3.8, 4) is 0 Å². The van der Waals surface area contributed by atoms with Gasteiger partial charge < -0.3 is 10.6 Å². The third kappa shape index (κ3) is 3.78. The molecule has 2 N–H and O–H groups in total. The lowest BCUT2D eigenvalue weighted by molar-refractivity contribution is 0.0945. The molecule has 1 heterocycles. The number of benzene rings is 1. The van der Waals surface area contributed by atoms with Gasteiger partial charge in [-0.1, -0.05) is 15.9 Å². The fraction of sp³-hybridized carbons (Fsp3) is 0.267. The molecular formula is C15H15BrN4O. The highest BCUT2D eigenvalue weighted by Crippen LogP contribution is 2.21. The average Bonchev–Trinajstić information content (AvgIpc) is 3.25. The molecule has 3 rings (SSSR count). The molecule has 0 atom stereocenters. The fourth-order valence-corrected chi connectivity index (χ4v) is 2.18. The van der Waals surface area contributed by atoms with Crippen molar-refractivity contribution in [2.45, 2.75) is 25.8 Å². The summed E-state index contributed by atoms with van der Waals surface area (Å²) in [7, 11) is 0. The van der Waals surface area contributed by atoms with Crippen LogP contribution in [0.1, 0.15) is 29.2 Å². The predicted octanol–water partition coefficient (Wildman–Crippen LogP) is 3.18. The lowest BCUT2D eigenvalue weighted by atomic mass is 10.3. The summed E-state index contributed by atoms with van der Waals surface area (Å²) >= 11 is 3.40. The minimum Gasteiger partial charge on any atom is -0.348 e. The molecule has 1 aromatic heterocycles. The molecule has 1 amide bonds. The third-order valence-corrected chi connectivity index (χ3v) is 3.63. The van der Waals surface area contributed by atoms with Crippen molar-refractivity contribution >= 4 is 33.3 Å². The maximum Gasteiger partial charge on any atom is 0.270 e. The molecular weight excluding hydrogens is 332 g/mol. The summed E-state index contributed by atoms with van der Waals surface area (Å²) in [6.07, 6.45) is 2.11. The first-order valence-corrected chi connectivity index (χ1v) is 7.58. The van der Waals surface area contributed by atoms with Gasteiger partial charge in [-0.15, -0.1) is 0 Å². The fourth-order valence-electron chi connectivity index (χ4n) is 1.92. The van der Waals surface area contributed by atoms with Gasteiger partial charge in [0, 0.05) is 22.3 Å². The van der Waals surface area contributed by atoms with Crippen LogP contribution in [0.3, 0.4) is 0 Å². The number of nitrogens with zero attached hydrogens (tertiary/aromatic N) is 2. The minimum absolute atomic E-state index is 0.137. The van der Waals surface area contributed by atoms with Crippen LogP contribution in [0.5, 0.6) is 0 Å². The van der Waals surface area contributed by atoms with Gasteiger partial charge in [0.25, 0.3) is 5.91 Å². The van der Waals surface area contributed by atoms with Crippen LogP contribution in [0, 0.1) is 6.92 Å². The van der Waals surface area contributed by atoms with E-state index in [0.29, 0.717) is 23.4 Å². The van der Waals surface area contributed by atoms with E-state index in [2.05, 4.69) is 36.5 Å². The Bertz CT molecular complexity index is 668. The smallest absolute Gasteiger partial charge is 0.270 e. The van der Waals surface area contributed by atoms with Gasteiger partial charge in [0.1, 0.15) is 17.3 Å². The number of carbonyl (C=O) groups is 1. The molecule has 21 heavy (non-hydrogen) atoms. The number of aromatic nitrogens is 2. The average molecular weight is 347 g/mol. The van der Waals surface area contributed by atoms with E-state index >= 15 is 0 Å².